The summed E-state index contributed by atoms with van der Waals surface area (Å²) in [7, 11) is 0. The van der Waals surface area contributed by atoms with Crippen molar-refractivity contribution in [3.63, 3.8) is 0 Å². The number of hydrogen-bond acceptors (Lipinski definition) is 3. The maximum Gasteiger partial charge on any atom is 0.326 e. The zero-order chi connectivity index (χ0) is 14.9. The summed E-state index contributed by atoms with van der Waals surface area (Å²) in [5.74, 6) is -1.50. The van der Waals surface area contributed by atoms with Crippen molar-refractivity contribution in [1.29, 1.82) is 0 Å². The molecular formula is C14H14ClNO4. The van der Waals surface area contributed by atoms with Crippen LogP contribution in [-0.2, 0) is 4.79 Å². The van der Waals surface area contributed by atoms with Crippen molar-refractivity contribution in [2.24, 2.45) is 0 Å². The Morgan fingerprint density at radius 3 is 2.75 bits per heavy atom. The smallest absolute Gasteiger partial charge is 0.326 e. The molecule has 1 aromatic carbocycles. The lowest BCUT2D eigenvalue weighted by molar-refractivity contribution is -0.139. The van der Waals surface area contributed by atoms with Gasteiger partial charge in [0.05, 0.1) is 0 Å². The lowest BCUT2D eigenvalue weighted by Crippen LogP contribution is -2.40. The first-order valence-electron chi connectivity index (χ1n) is 6.16. The van der Waals surface area contributed by atoms with Crippen molar-refractivity contribution in [2.75, 3.05) is 0 Å². The molecular weight excluding hydrogens is 282 g/mol. The van der Waals surface area contributed by atoms with E-state index in [1.807, 2.05) is 0 Å². The quantitative estimate of drug-likeness (QED) is 0.909. The predicted octanol–water partition coefficient (Wildman–Crippen LogP) is 2.99. The molecule has 0 bridgehead atoms. The highest BCUT2D eigenvalue weighted by Gasteiger charge is 2.23. The molecule has 2 N–H and O–H groups in total. The zero-order valence-corrected chi connectivity index (χ0v) is 11.8. The van der Waals surface area contributed by atoms with Gasteiger partial charge in [-0.25, -0.2) is 4.79 Å². The van der Waals surface area contributed by atoms with Crippen LogP contribution in [0.3, 0.4) is 0 Å². The Morgan fingerprint density at radius 2 is 2.15 bits per heavy atom. The van der Waals surface area contributed by atoms with Gasteiger partial charge < -0.3 is 14.8 Å². The molecule has 0 fully saturated rings. The number of amides is 1. The van der Waals surface area contributed by atoms with Crippen LogP contribution in [0.2, 0.25) is 5.02 Å². The Labute approximate surface area is 120 Å². The molecule has 1 heterocycles. The third-order valence-corrected chi connectivity index (χ3v) is 3.35. The first-order chi connectivity index (χ1) is 9.43. The van der Waals surface area contributed by atoms with E-state index >= 15 is 0 Å². The fraction of sp³-hybridized carbons (Fsp3) is 0.286. The third kappa shape index (κ3) is 2.63. The van der Waals surface area contributed by atoms with Crippen LogP contribution in [0, 0.1) is 6.92 Å². The first-order valence-corrected chi connectivity index (χ1v) is 6.54. The van der Waals surface area contributed by atoms with Crippen LogP contribution in [0.25, 0.3) is 11.0 Å². The summed E-state index contributed by atoms with van der Waals surface area (Å²) >= 11 is 5.91. The van der Waals surface area contributed by atoms with Gasteiger partial charge in [0.25, 0.3) is 5.91 Å². The van der Waals surface area contributed by atoms with E-state index in [1.165, 1.54) is 0 Å². The SMILES string of the molecule is CCC(NC(=O)c1oc2ccc(Cl)cc2c1C)C(=O)O. The molecule has 0 aliphatic carbocycles. The topological polar surface area (TPSA) is 79.5 Å². The van der Waals surface area contributed by atoms with E-state index in [2.05, 4.69) is 5.32 Å². The molecule has 0 radical (unpaired) electrons. The molecule has 2 rings (SSSR count). The number of rotatable bonds is 4. The summed E-state index contributed by atoms with van der Waals surface area (Å²) in [6.07, 6.45) is 0.298. The summed E-state index contributed by atoms with van der Waals surface area (Å²) in [6.45, 7) is 3.42. The number of aryl methyl sites for hydroxylation is 1. The number of carbonyl (C=O) groups is 2. The maximum atomic E-state index is 12.1. The van der Waals surface area contributed by atoms with Gasteiger partial charge >= 0.3 is 5.97 Å². The molecule has 6 heteroatoms. The Balaban J connectivity index is 2.35. The molecule has 0 aliphatic rings. The second kappa shape index (κ2) is 5.54. The van der Waals surface area contributed by atoms with E-state index in [0.717, 1.165) is 5.39 Å². The van der Waals surface area contributed by atoms with Crippen molar-refractivity contribution < 1.29 is 19.1 Å². The second-order valence-electron chi connectivity index (χ2n) is 4.47. The van der Waals surface area contributed by atoms with Crippen LogP contribution in [0.5, 0.6) is 0 Å². The number of carbonyl (C=O) groups excluding carboxylic acids is 1. The van der Waals surface area contributed by atoms with Gasteiger partial charge in [-0.2, -0.15) is 0 Å². The van der Waals surface area contributed by atoms with Crippen molar-refractivity contribution in [3.05, 3.63) is 34.5 Å². The molecule has 1 amide bonds. The molecule has 1 unspecified atom stereocenters. The van der Waals surface area contributed by atoms with E-state index in [4.69, 9.17) is 21.1 Å². The van der Waals surface area contributed by atoms with Crippen molar-refractivity contribution in [3.8, 4) is 0 Å². The van der Waals surface area contributed by atoms with Gasteiger partial charge in [0.2, 0.25) is 0 Å². The van der Waals surface area contributed by atoms with Gasteiger partial charge in [-0.05, 0) is 31.5 Å². The van der Waals surface area contributed by atoms with Crippen LogP contribution in [0.15, 0.2) is 22.6 Å². The number of nitrogens with one attached hydrogen (secondary N) is 1. The molecule has 0 spiro atoms. The number of hydrogen-bond donors (Lipinski definition) is 2. The van der Waals surface area contributed by atoms with Crippen LogP contribution in [0.4, 0.5) is 0 Å². The van der Waals surface area contributed by atoms with Gasteiger partial charge in [0.15, 0.2) is 5.76 Å². The highest BCUT2D eigenvalue weighted by atomic mass is 35.5. The number of aliphatic carboxylic acids is 1. The number of carboxylic acids is 1. The lowest BCUT2D eigenvalue weighted by Gasteiger charge is -2.10. The minimum atomic E-state index is -1.07. The molecule has 0 aliphatic heterocycles. The molecule has 106 valence electrons. The van der Waals surface area contributed by atoms with Gasteiger partial charge in [0, 0.05) is 16.0 Å². The van der Waals surface area contributed by atoms with Crippen LogP contribution >= 0.6 is 11.6 Å². The molecule has 1 aromatic heterocycles. The van der Waals surface area contributed by atoms with E-state index in [-0.39, 0.29) is 5.76 Å². The van der Waals surface area contributed by atoms with E-state index in [0.29, 0.717) is 22.6 Å². The summed E-state index contributed by atoms with van der Waals surface area (Å²) in [5.41, 5.74) is 1.18. The largest absolute Gasteiger partial charge is 0.480 e. The molecule has 20 heavy (non-hydrogen) atoms. The number of fused-ring (bicyclic) bond motifs is 1. The second-order valence-corrected chi connectivity index (χ2v) is 4.91. The molecule has 5 nitrogen and oxygen atoms in total. The fourth-order valence-corrected chi connectivity index (χ4v) is 2.14. The summed E-state index contributed by atoms with van der Waals surface area (Å²) < 4.78 is 5.48. The molecule has 2 aromatic rings. The summed E-state index contributed by atoms with van der Waals surface area (Å²) in [5, 5.41) is 12.7. The highest BCUT2D eigenvalue weighted by Crippen LogP contribution is 2.27. The van der Waals surface area contributed by atoms with E-state index < -0.39 is 17.9 Å². The van der Waals surface area contributed by atoms with Crippen LogP contribution in [0.1, 0.15) is 29.5 Å². The molecule has 0 saturated carbocycles. The summed E-state index contributed by atoms with van der Waals surface area (Å²) in [6, 6.07) is 4.12. The molecule has 1 atom stereocenters. The number of carboxylic acid groups (broad SMARTS) is 1. The maximum absolute atomic E-state index is 12.1. The average molecular weight is 296 g/mol. The minimum Gasteiger partial charge on any atom is -0.480 e. The van der Waals surface area contributed by atoms with Crippen LogP contribution < -0.4 is 5.32 Å². The Hall–Kier alpha value is -2.01. The van der Waals surface area contributed by atoms with E-state index in [9.17, 15) is 9.59 Å². The highest BCUT2D eigenvalue weighted by molar-refractivity contribution is 6.31. The normalized spacial score (nSPS) is 12.3. The van der Waals surface area contributed by atoms with Gasteiger partial charge in [-0.1, -0.05) is 18.5 Å². The van der Waals surface area contributed by atoms with Gasteiger partial charge in [0.1, 0.15) is 11.6 Å². The van der Waals surface area contributed by atoms with Gasteiger partial charge in [-0.15, -0.1) is 0 Å². The Morgan fingerprint density at radius 1 is 1.45 bits per heavy atom. The predicted molar refractivity (Wildman–Crippen MR) is 75.1 cm³/mol. The Bertz CT molecular complexity index is 677. The Kier molecular flexibility index (Phi) is 3.99. The zero-order valence-electron chi connectivity index (χ0n) is 11.1. The molecule has 0 saturated heterocycles. The van der Waals surface area contributed by atoms with Crippen molar-refractivity contribution in [1.82, 2.24) is 5.32 Å². The standard InChI is InChI=1S/C14H14ClNO4/c1-3-10(14(18)19)16-13(17)12-7(2)9-6-8(15)4-5-11(9)20-12/h4-6,10H,3H2,1-2H3,(H,16,17)(H,18,19). The average Bonchev–Trinajstić information content (AvgIpc) is 2.73. The van der Waals surface area contributed by atoms with Crippen LogP contribution in [-0.4, -0.2) is 23.0 Å². The fourth-order valence-electron chi connectivity index (χ4n) is 1.97. The summed E-state index contributed by atoms with van der Waals surface area (Å²) in [4.78, 5) is 23.0. The minimum absolute atomic E-state index is 0.113. The monoisotopic (exact) mass is 295 g/mol. The number of benzene rings is 1. The van der Waals surface area contributed by atoms with Gasteiger partial charge in [-0.3, -0.25) is 4.79 Å². The van der Waals surface area contributed by atoms with Crippen molar-refractivity contribution in [2.45, 2.75) is 26.3 Å². The third-order valence-electron chi connectivity index (χ3n) is 3.12. The number of furan rings is 1. The van der Waals surface area contributed by atoms with Crippen molar-refractivity contribution >= 4 is 34.4 Å². The van der Waals surface area contributed by atoms with E-state index in [1.54, 1.807) is 32.0 Å². The lowest BCUT2D eigenvalue weighted by atomic mass is 10.1. The first kappa shape index (κ1) is 14.4. The number of halogens is 1.